The molecule has 4 nitrogen and oxygen atoms in total. The summed E-state index contributed by atoms with van der Waals surface area (Å²) < 4.78 is 5.79. The third kappa shape index (κ3) is 3.53. The number of halogens is 2. The molecule has 104 valence electrons. The first kappa shape index (κ1) is 14.4. The smallest absolute Gasteiger partial charge is 0.239 e. The third-order valence-corrected chi connectivity index (χ3v) is 3.78. The molecular weight excluding hydrogens is 287 g/mol. The van der Waals surface area contributed by atoms with Gasteiger partial charge in [-0.05, 0) is 19.1 Å². The SMILES string of the molecule is C[C@@H](N)C(=O)N1CCC(Oc2ccc(Cl)c(Cl)c2)C1. The first-order valence-electron chi connectivity index (χ1n) is 6.13. The second kappa shape index (κ2) is 5.99. The van der Waals surface area contributed by atoms with Crippen LogP contribution >= 0.6 is 23.2 Å². The number of likely N-dealkylation sites (tertiary alicyclic amines) is 1. The minimum atomic E-state index is -0.469. The molecule has 0 aromatic heterocycles. The van der Waals surface area contributed by atoms with Gasteiger partial charge in [0.25, 0.3) is 0 Å². The summed E-state index contributed by atoms with van der Waals surface area (Å²) in [6, 6.07) is 4.67. The Kier molecular flexibility index (Phi) is 4.55. The molecule has 1 aliphatic heterocycles. The summed E-state index contributed by atoms with van der Waals surface area (Å²) >= 11 is 11.8. The number of benzene rings is 1. The highest BCUT2D eigenvalue weighted by atomic mass is 35.5. The molecule has 0 bridgehead atoms. The van der Waals surface area contributed by atoms with E-state index in [1.165, 1.54) is 0 Å². The summed E-state index contributed by atoms with van der Waals surface area (Å²) in [6.07, 6.45) is 0.763. The molecule has 1 aromatic rings. The number of nitrogens with two attached hydrogens (primary N) is 1. The molecule has 2 rings (SSSR count). The maximum absolute atomic E-state index is 11.7. The van der Waals surface area contributed by atoms with Gasteiger partial charge in [0.2, 0.25) is 5.91 Å². The van der Waals surface area contributed by atoms with E-state index in [-0.39, 0.29) is 12.0 Å². The van der Waals surface area contributed by atoms with E-state index in [2.05, 4.69) is 0 Å². The Bertz CT molecular complexity index is 480. The zero-order valence-corrected chi connectivity index (χ0v) is 12.1. The number of carbonyl (C=O) groups excluding carboxylic acids is 1. The van der Waals surface area contributed by atoms with Crippen LogP contribution in [0.15, 0.2) is 18.2 Å². The summed E-state index contributed by atoms with van der Waals surface area (Å²) in [5.74, 6) is 0.620. The average molecular weight is 303 g/mol. The fraction of sp³-hybridized carbons (Fsp3) is 0.462. The number of carbonyl (C=O) groups is 1. The second-order valence-corrected chi connectivity index (χ2v) is 5.49. The molecule has 19 heavy (non-hydrogen) atoms. The molecule has 1 aliphatic rings. The van der Waals surface area contributed by atoms with Crippen molar-refractivity contribution in [1.29, 1.82) is 0 Å². The van der Waals surface area contributed by atoms with Crippen molar-refractivity contribution in [3.8, 4) is 5.75 Å². The molecule has 1 fully saturated rings. The highest BCUT2D eigenvalue weighted by molar-refractivity contribution is 6.42. The molecule has 0 saturated carbocycles. The molecule has 1 unspecified atom stereocenters. The van der Waals surface area contributed by atoms with Gasteiger partial charge in [0.15, 0.2) is 0 Å². The van der Waals surface area contributed by atoms with Gasteiger partial charge in [-0.2, -0.15) is 0 Å². The van der Waals surface area contributed by atoms with Crippen molar-refractivity contribution in [2.45, 2.75) is 25.5 Å². The third-order valence-electron chi connectivity index (χ3n) is 3.04. The Balaban J connectivity index is 1.95. The van der Waals surface area contributed by atoms with E-state index in [4.69, 9.17) is 33.7 Å². The van der Waals surface area contributed by atoms with E-state index in [0.717, 1.165) is 6.42 Å². The van der Waals surface area contributed by atoms with E-state index in [1.54, 1.807) is 30.0 Å². The maximum atomic E-state index is 11.7. The van der Waals surface area contributed by atoms with Crippen LogP contribution in [-0.2, 0) is 4.79 Å². The van der Waals surface area contributed by atoms with Gasteiger partial charge in [-0.3, -0.25) is 4.79 Å². The van der Waals surface area contributed by atoms with Crippen molar-refractivity contribution >= 4 is 29.1 Å². The lowest BCUT2D eigenvalue weighted by Crippen LogP contribution is -2.41. The Labute approximate surface area is 122 Å². The zero-order valence-electron chi connectivity index (χ0n) is 10.6. The first-order chi connectivity index (χ1) is 8.97. The van der Waals surface area contributed by atoms with Crippen LogP contribution in [-0.4, -0.2) is 36.0 Å². The van der Waals surface area contributed by atoms with Gasteiger partial charge in [0.1, 0.15) is 11.9 Å². The van der Waals surface area contributed by atoms with Crippen LogP contribution in [0.5, 0.6) is 5.75 Å². The van der Waals surface area contributed by atoms with Gasteiger partial charge < -0.3 is 15.4 Å². The summed E-state index contributed by atoms with van der Waals surface area (Å²) in [4.78, 5) is 13.5. The van der Waals surface area contributed by atoms with Crippen LogP contribution in [0.4, 0.5) is 0 Å². The van der Waals surface area contributed by atoms with Crippen molar-refractivity contribution in [3.63, 3.8) is 0 Å². The standard InChI is InChI=1S/C13H16Cl2N2O2/c1-8(16)13(18)17-5-4-10(7-17)19-9-2-3-11(14)12(15)6-9/h2-3,6,8,10H,4-5,7,16H2,1H3/t8-,10?/m1/s1. The van der Waals surface area contributed by atoms with Crippen LogP contribution in [0.2, 0.25) is 10.0 Å². The molecule has 1 heterocycles. The largest absolute Gasteiger partial charge is 0.488 e. The number of amides is 1. The van der Waals surface area contributed by atoms with Crippen molar-refractivity contribution in [1.82, 2.24) is 4.90 Å². The summed E-state index contributed by atoms with van der Waals surface area (Å²) in [5, 5.41) is 0.954. The van der Waals surface area contributed by atoms with Gasteiger partial charge in [0, 0.05) is 19.0 Å². The lowest BCUT2D eigenvalue weighted by molar-refractivity contribution is -0.131. The predicted octanol–water partition coefficient (Wildman–Crippen LogP) is 2.32. The fourth-order valence-corrected chi connectivity index (χ4v) is 2.34. The summed E-state index contributed by atoms with van der Waals surface area (Å²) in [5.41, 5.74) is 5.59. The van der Waals surface area contributed by atoms with Gasteiger partial charge in [0.05, 0.1) is 22.6 Å². The van der Waals surface area contributed by atoms with E-state index in [1.807, 2.05) is 0 Å². The Morgan fingerprint density at radius 3 is 2.84 bits per heavy atom. The monoisotopic (exact) mass is 302 g/mol. The highest BCUT2D eigenvalue weighted by Gasteiger charge is 2.28. The molecule has 0 radical (unpaired) electrons. The predicted molar refractivity (Wildman–Crippen MR) is 75.7 cm³/mol. The maximum Gasteiger partial charge on any atom is 0.239 e. The molecule has 0 aliphatic carbocycles. The fourth-order valence-electron chi connectivity index (χ4n) is 2.06. The lowest BCUT2D eigenvalue weighted by Gasteiger charge is -2.19. The minimum absolute atomic E-state index is 0.0278. The first-order valence-corrected chi connectivity index (χ1v) is 6.89. The Hall–Kier alpha value is -0.970. The van der Waals surface area contributed by atoms with Crippen LogP contribution in [0.25, 0.3) is 0 Å². The van der Waals surface area contributed by atoms with Gasteiger partial charge in [-0.1, -0.05) is 23.2 Å². The van der Waals surface area contributed by atoms with Crippen LogP contribution < -0.4 is 10.5 Å². The molecule has 2 atom stereocenters. The lowest BCUT2D eigenvalue weighted by atomic mass is 10.3. The van der Waals surface area contributed by atoms with Crippen LogP contribution in [0, 0.1) is 0 Å². The normalized spacial score (nSPS) is 20.4. The van der Waals surface area contributed by atoms with E-state index in [9.17, 15) is 4.79 Å². The Morgan fingerprint density at radius 2 is 2.21 bits per heavy atom. The number of hydrogen-bond acceptors (Lipinski definition) is 3. The van der Waals surface area contributed by atoms with Crippen LogP contribution in [0.3, 0.4) is 0 Å². The van der Waals surface area contributed by atoms with Crippen LogP contribution in [0.1, 0.15) is 13.3 Å². The molecule has 1 aromatic carbocycles. The summed E-state index contributed by atoms with van der Waals surface area (Å²) in [6.45, 7) is 2.92. The van der Waals surface area contributed by atoms with E-state index >= 15 is 0 Å². The molecular formula is C13H16Cl2N2O2. The second-order valence-electron chi connectivity index (χ2n) is 4.68. The quantitative estimate of drug-likeness (QED) is 0.932. The topological polar surface area (TPSA) is 55.6 Å². The highest BCUT2D eigenvalue weighted by Crippen LogP contribution is 2.28. The number of ether oxygens (including phenoxy) is 1. The van der Waals surface area contributed by atoms with Gasteiger partial charge in [-0.15, -0.1) is 0 Å². The minimum Gasteiger partial charge on any atom is -0.488 e. The van der Waals surface area contributed by atoms with Crippen molar-refractivity contribution in [2.75, 3.05) is 13.1 Å². The Morgan fingerprint density at radius 1 is 1.47 bits per heavy atom. The molecule has 1 amide bonds. The molecule has 1 saturated heterocycles. The zero-order chi connectivity index (χ0) is 14.0. The number of rotatable bonds is 3. The van der Waals surface area contributed by atoms with Crippen molar-refractivity contribution < 1.29 is 9.53 Å². The van der Waals surface area contributed by atoms with E-state index < -0.39 is 6.04 Å². The molecule has 6 heteroatoms. The van der Waals surface area contributed by atoms with Gasteiger partial charge >= 0.3 is 0 Å². The number of hydrogen-bond donors (Lipinski definition) is 1. The van der Waals surface area contributed by atoms with E-state index in [0.29, 0.717) is 28.9 Å². The van der Waals surface area contributed by atoms with Crippen molar-refractivity contribution in [2.24, 2.45) is 5.73 Å². The molecule has 2 N–H and O–H groups in total. The van der Waals surface area contributed by atoms with Crippen molar-refractivity contribution in [3.05, 3.63) is 28.2 Å². The summed E-state index contributed by atoms with van der Waals surface area (Å²) in [7, 11) is 0. The van der Waals surface area contributed by atoms with Gasteiger partial charge in [-0.25, -0.2) is 0 Å². The average Bonchev–Trinajstić information content (AvgIpc) is 2.81. The number of nitrogens with zero attached hydrogens (tertiary/aromatic N) is 1. The molecule has 0 spiro atoms.